The number of urea groups is 1. The average molecular weight is 442 g/mol. The van der Waals surface area contributed by atoms with Gasteiger partial charge in [-0.05, 0) is 37.3 Å². The van der Waals surface area contributed by atoms with Gasteiger partial charge >= 0.3 is 12.0 Å². The van der Waals surface area contributed by atoms with Gasteiger partial charge in [0.15, 0.2) is 0 Å². The highest BCUT2D eigenvalue weighted by molar-refractivity contribution is 7.17. The monoisotopic (exact) mass is 441 g/mol. The minimum absolute atomic E-state index is 0.218. The van der Waals surface area contributed by atoms with E-state index < -0.39 is 0 Å². The second kappa shape index (κ2) is 10.3. The molecule has 2 aromatic rings. The van der Waals surface area contributed by atoms with Crippen molar-refractivity contribution in [1.82, 2.24) is 10.2 Å². The number of hydrogen-bond donors (Lipinski definition) is 2. The summed E-state index contributed by atoms with van der Waals surface area (Å²) in [5.41, 5.74) is 2.85. The van der Waals surface area contributed by atoms with E-state index in [1.807, 2.05) is 6.07 Å². The Labute approximate surface area is 188 Å². The molecule has 4 rings (SSSR count). The number of hydrogen-bond acceptors (Lipinski definition) is 5. The first kappa shape index (κ1) is 21.8. The molecule has 1 aromatic heterocycles. The van der Waals surface area contributed by atoms with Gasteiger partial charge in [-0.15, -0.1) is 11.3 Å². The Kier molecular flexibility index (Phi) is 7.25. The molecular weight excluding hydrogens is 410 g/mol. The standard InChI is InChI=1S/C24H31N3O3S/c1-2-30-23(28)21-19-13-14-27(15-17-9-5-3-6-10-17)16-20(19)31-22(21)26-24(29)25-18-11-7-4-8-12-18/h3,5-6,9-10,18H,2,4,7-8,11-16H2,1H3,(H2,25,26,29). The highest BCUT2D eigenvalue weighted by Gasteiger charge is 2.30. The van der Waals surface area contributed by atoms with E-state index in [0.717, 1.165) is 62.2 Å². The fourth-order valence-electron chi connectivity index (χ4n) is 4.51. The number of amides is 2. The highest BCUT2D eigenvalue weighted by Crippen LogP contribution is 2.38. The summed E-state index contributed by atoms with van der Waals surface area (Å²) in [5, 5.41) is 6.66. The predicted octanol–water partition coefficient (Wildman–Crippen LogP) is 4.94. The lowest BCUT2D eigenvalue weighted by Gasteiger charge is -2.27. The maximum Gasteiger partial charge on any atom is 0.341 e. The number of rotatable bonds is 6. The summed E-state index contributed by atoms with van der Waals surface area (Å²) in [6, 6.07) is 10.4. The molecule has 166 valence electrons. The zero-order chi connectivity index (χ0) is 21.6. The fourth-order valence-corrected chi connectivity index (χ4v) is 5.78. The van der Waals surface area contributed by atoms with E-state index >= 15 is 0 Å². The lowest BCUT2D eigenvalue weighted by molar-refractivity contribution is 0.0526. The van der Waals surface area contributed by atoms with Gasteiger partial charge in [-0.1, -0.05) is 49.6 Å². The quantitative estimate of drug-likeness (QED) is 0.623. The van der Waals surface area contributed by atoms with Crippen LogP contribution in [-0.2, 0) is 24.2 Å². The topological polar surface area (TPSA) is 70.7 Å². The van der Waals surface area contributed by atoms with Crippen molar-refractivity contribution in [2.75, 3.05) is 18.5 Å². The van der Waals surface area contributed by atoms with Crippen LogP contribution in [0.15, 0.2) is 30.3 Å². The van der Waals surface area contributed by atoms with Gasteiger partial charge in [-0.3, -0.25) is 10.2 Å². The molecule has 0 unspecified atom stereocenters. The minimum Gasteiger partial charge on any atom is -0.462 e. The van der Waals surface area contributed by atoms with Crippen LogP contribution in [0.25, 0.3) is 0 Å². The maximum absolute atomic E-state index is 12.7. The summed E-state index contributed by atoms with van der Waals surface area (Å²) < 4.78 is 5.33. The fraction of sp³-hybridized carbons (Fsp3) is 0.500. The van der Waals surface area contributed by atoms with Crippen LogP contribution >= 0.6 is 11.3 Å². The minimum atomic E-state index is -0.343. The largest absolute Gasteiger partial charge is 0.462 e. The molecule has 0 atom stereocenters. The molecule has 1 saturated carbocycles. The van der Waals surface area contributed by atoms with Gasteiger partial charge < -0.3 is 10.1 Å². The number of benzene rings is 1. The molecule has 2 amide bonds. The summed E-state index contributed by atoms with van der Waals surface area (Å²) in [5.74, 6) is -0.343. The SMILES string of the molecule is CCOC(=O)c1c(NC(=O)NC2CCCCC2)sc2c1CCN(Cc1ccccc1)C2. The van der Waals surface area contributed by atoms with E-state index in [9.17, 15) is 9.59 Å². The lowest BCUT2D eigenvalue weighted by atomic mass is 9.96. The van der Waals surface area contributed by atoms with Crippen molar-refractivity contribution in [2.45, 2.75) is 64.6 Å². The van der Waals surface area contributed by atoms with Gasteiger partial charge in [-0.25, -0.2) is 9.59 Å². The Hall–Kier alpha value is -2.38. The number of fused-ring (bicyclic) bond motifs is 1. The molecule has 1 aliphatic carbocycles. The van der Waals surface area contributed by atoms with E-state index in [1.165, 1.54) is 23.3 Å². The zero-order valence-corrected chi connectivity index (χ0v) is 18.9. The molecule has 0 bridgehead atoms. The molecule has 0 saturated heterocycles. The third kappa shape index (κ3) is 5.46. The molecule has 1 aromatic carbocycles. The number of esters is 1. The summed E-state index contributed by atoms with van der Waals surface area (Å²) in [7, 11) is 0. The van der Waals surface area contributed by atoms with Crippen LogP contribution < -0.4 is 10.6 Å². The second-order valence-corrected chi connectivity index (χ2v) is 9.41. The Balaban J connectivity index is 1.50. The first-order valence-electron chi connectivity index (χ1n) is 11.3. The van der Waals surface area contributed by atoms with Gasteiger partial charge in [0, 0.05) is 30.6 Å². The van der Waals surface area contributed by atoms with Crippen LogP contribution in [-0.4, -0.2) is 36.1 Å². The normalized spacial score (nSPS) is 17.1. The number of anilines is 1. The Morgan fingerprint density at radius 3 is 2.68 bits per heavy atom. The predicted molar refractivity (Wildman–Crippen MR) is 124 cm³/mol. The third-order valence-corrected chi connectivity index (χ3v) is 7.16. The van der Waals surface area contributed by atoms with Crippen LogP contribution in [0.5, 0.6) is 0 Å². The van der Waals surface area contributed by atoms with Gasteiger partial charge in [-0.2, -0.15) is 0 Å². The number of ether oxygens (including phenoxy) is 1. The van der Waals surface area contributed by atoms with E-state index in [0.29, 0.717) is 17.2 Å². The molecule has 2 N–H and O–H groups in total. The van der Waals surface area contributed by atoms with Crippen molar-refractivity contribution in [1.29, 1.82) is 0 Å². The second-order valence-electron chi connectivity index (χ2n) is 8.31. The first-order chi connectivity index (χ1) is 15.1. The molecule has 1 fully saturated rings. The molecule has 2 heterocycles. The summed E-state index contributed by atoms with van der Waals surface area (Å²) in [4.78, 5) is 28.9. The summed E-state index contributed by atoms with van der Waals surface area (Å²) in [6.07, 6.45) is 6.37. The van der Waals surface area contributed by atoms with Gasteiger partial charge in [0.2, 0.25) is 0 Å². The van der Waals surface area contributed by atoms with Crippen LogP contribution in [0, 0.1) is 0 Å². The molecule has 7 heteroatoms. The number of thiophene rings is 1. The summed E-state index contributed by atoms with van der Waals surface area (Å²) in [6.45, 7) is 4.64. The van der Waals surface area contributed by atoms with Crippen molar-refractivity contribution in [2.24, 2.45) is 0 Å². The Morgan fingerprint density at radius 1 is 1.16 bits per heavy atom. The first-order valence-corrected chi connectivity index (χ1v) is 12.1. The summed E-state index contributed by atoms with van der Waals surface area (Å²) >= 11 is 1.51. The third-order valence-electron chi connectivity index (χ3n) is 6.03. The average Bonchev–Trinajstić information content (AvgIpc) is 3.12. The number of carbonyl (C=O) groups excluding carboxylic acids is 2. The highest BCUT2D eigenvalue weighted by atomic mass is 32.1. The Morgan fingerprint density at radius 2 is 1.94 bits per heavy atom. The van der Waals surface area contributed by atoms with Crippen LogP contribution in [0.1, 0.15) is 65.4 Å². The molecule has 0 radical (unpaired) electrons. The molecule has 0 spiro atoms. The molecule has 6 nitrogen and oxygen atoms in total. The maximum atomic E-state index is 12.7. The van der Waals surface area contributed by atoms with Crippen LogP contribution in [0.4, 0.5) is 9.80 Å². The van der Waals surface area contributed by atoms with Crippen molar-refractivity contribution in [3.8, 4) is 0 Å². The van der Waals surface area contributed by atoms with Gasteiger partial charge in [0.25, 0.3) is 0 Å². The Bertz CT molecular complexity index is 906. The molecular formula is C24H31N3O3S. The number of nitrogens with zero attached hydrogens (tertiary/aromatic N) is 1. The van der Waals surface area contributed by atoms with Gasteiger partial charge in [0.1, 0.15) is 5.00 Å². The lowest BCUT2D eigenvalue weighted by Crippen LogP contribution is -2.39. The van der Waals surface area contributed by atoms with E-state index in [2.05, 4.69) is 39.8 Å². The number of nitrogens with one attached hydrogen (secondary N) is 2. The smallest absolute Gasteiger partial charge is 0.341 e. The van der Waals surface area contributed by atoms with E-state index in [-0.39, 0.29) is 18.0 Å². The van der Waals surface area contributed by atoms with Crippen molar-refractivity contribution < 1.29 is 14.3 Å². The van der Waals surface area contributed by atoms with Crippen molar-refractivity contribution >= 4 is 28.3 Å². The van der Waals surface area contributed by atoms with Crippen molar-refractivity contribution in [3.63, 3.8) is 0 Å². The number of carbonyl (C=O) groups is 2. The molecule has 2 aliphatic rings. The molecule has 31 heavy (non-hydrogen) atoms. The molecule has 1 aliphatic heterocycles. The van der Waals surface area contributed by atoms with E-state index in [1.54, 1.807) is 6.92 Å². The van der Waals surface area contributed by atoms with Gasteiger partial charge in [0.05, 0.1) is 12.2 Å². The van der Waals surface area contributed by atoms with Crippen LogP contribution in [0.2, 0.25) is 0 Å². The van der Waals surface area contributed by atoms with E-state index in [4.69, 9.17) is 4.74 Å². The zero-order valence-electron chi connectivity index (χ0n) is 18.1. The van der Waals surface area contributed by atoms with Crippen molar-refractivity contribution in [3.05, 3.63) is 51.9 Å². The van der Waals surface area contributed by atoms with Crippen LogP contribution in [0.3, 0.4) is 0 Å².